The number of fused-ring (bicyclic) bond motifs is 2. The zero-order valence-corrected chi connectivity index (χ0v) is 15.0. The number of carbonyl (C=O) groups is 2. The maximum atomic E-state index is 12.4. The lowest BCUT2D eigenvalue weighted by molar-refractivity contribution is -0.258. The van der Waals surface area contributed by atoms with E-state index in [4.69, 9.17) is 14.2 Å². The van der Waals surface area contributed by atoms with Crippen LogP contribution in [0, 0.1) is 35.5 Å². The van der Waals surface area contributed by atoms with E-state index in [9.17, 15) is 9.59 Å². The van der Waals surface area contributed by atoms with Crippen LogP contribution in [0.5, 0.6) is 0 Å². The van der Waals surface area contributed by atoms with E-state index in [1.807, 2.05) is 13.8 Å². The number of hydrogen-bond donors (Lipinski definition) is 0. The summed E-state index contributed by atoms with van der Waals surface area (Å²) in [5.41, 5.74) is -0.659. The summed E-state index contributed by atoms with van der Waals surface area (Å²) in [4.78, 5) is 24.3. The van der Waals surface area contributed by atoms with Gasteiger partial charge in [-0.15, -0.1) is 0 Å². The minimum atomic E-state index is -0.659. The molecule has 24 heavy (non-hydrogen) atoms. The molecule has 134 valence electrons. The zero-order valence-electron chi connectivity index (χ0n) is 15.0. The monoisotopic (exact) mass is 336 g/mol. The van der Waals surface area contributed by atoms with Gasteiger partial charge in [0.15, 0.2) is 0 Å². The molecule has 1 heterocycles. The molecule has 0 N–H and O–H groups in total. The molecule has 3 aliphatic carbocycles. The Balaban J connectivity index is 2.05. The third kappa shape index (κ3) is 2.40. The van der Waals surface area contributed by atoms with Gasteiger partial charge in [-0.2, -0.15) is 0 Å². The summed E-state index contributed by atoms with van der Waals surface area (Å²) in [5, 5.41) is 0. The van der Waals surface area contributed by atoms with Gasteiger partial charge in [-0.25, -0.2) is 4.79 Å². The Hall–Kier alpha value is -1.36. The van der Waals surface area contributed by atoms with Crippen molar-refractivity contribution in [3.05, 3.63) is 12.7 Å². The Morgan fingerprint density at radius 1 is 1.50 bits per heavy atom. The van der Waals surface area contributed by atoms with Crippen molar-refractivity contribution in [2.45, 2.75) is 45.8 Å². The van der Waals surface area contributed by atoms with Gasteiger partial charge < -0.3 is 14.2 Å². The van der Waals surface area contributed by atoms with Crippen molar-refractivity contribution in [1.29, 1.82) is 0 Å². The number of rotatable bonds is 5. The standard InChI is InChI=1S/C19H28O5/c1-6-14(20)24-17-15-11(10(3)4)8-13(19(17,5)23-7-2)16-12(15)9-22-18(16)21/h6,10-13,15-17H,1,7-9H2,2-5H3. The van der Waals surface area contributed by atoms with Crippen LogP contribution in [0.1, 0.15) is 34.1 Å². The maximum Gasteiger partial charge on any atom is 0.330 e. The summed E-state index contributed by atoms with van der Waals surface area (Å²) in [6.07, 6.45) is 1.74. The van der Waals surface area contributed by atoms with Crippen LogP contribution >= 0.6 is 0 Å². The van der Waals surface area contributed by atoms with E-state index in [0.717, 1.165) is 6.42 Å². The first kappa shape index (κ1) is 17.5. The number of ether oxygens (including phenoxy) is 3. The van der Waals surface area contributed by atoms with Gasteiger partial charge in [0.1, 0.15) is 11.7 Å². The van der Waals surface area contributed by atoms with Gasteiger partial charge in [-0.05, 0) is 32.1 Å². The highest BCUT2D eigenvalue weighted by Gasteiger charge is 2.69. The van der Waals surface area contributed by atoms with E-state index in [1.165, 1.54) is 6.08 Å². The maximum absolute atomic E-state index is 12.4. The predicted molar refractivity (Wildman–Crippen MR) is 88.0 cm³/mol. The van der Waals surface area contributed by atoms with Gasteiger partial charge in [0.2, 0.25) is 0 Å². The summed E-state index contributed by atoms with van der Waals surface area (Å²) in [5.74, 6) is 0.357. The van der Waals surface area contributed by atoms with Crippen molar-refractivity contribution in [1.82, 2.24) is 0 Å². The largest absolute Gasteiger partial charge is 0.465 e. The van der Waals surface area contributed by atoms with E-state index in [2.05, 4.69) is 20.4 Å². The molecule has 4 rings (SSSR count). The molecule has 5 heteroatoms. The summed E-state index contributed by atoms with van der Waals surface area (Å²) in [6.45, 7) is 12.8. The summed E-state index contributed by atoms with van der Waals surface area (Å²) in [6, 6.07) is 0. The average Bonchev–Trinajstić information content (AvgIpc) is 2.93. The molecule has 0 aromatic carbocycles. The summed E-state index contributed by atoms with van der Waals surface area (Å²) >= 11 is 0. The minimum absolute atomic E-state index is 0.0115. The molecular formula is C19H28O5. The van der Waals surface area contributed by atoms with Gasteiger partial charge in [-0.3, -0.25) is 4.79 Å². The highest BCUT2D eigenvalue weighted by molar-refractivity contribution is 5.81. The molecule has 7 unspecified atom stereocenters. The summed E-state index contributed by atoms with van der Waals surface area (Å²) in [7, 11) is 0. The minimum Gasteiger partial charge on any atom is -0.465 e. The van der Waals surface area contributed by atoms with Crippen molar-refractivity contribution in [3.8, 4) is 0 Å². The van der Waals surface area contributed by atoms with E-state index in [-0.39, 0.29) is 35.7 Å². The topological polar surface area (TPSA) is 61.8 Å². The fourth-order valence-electron chi connectivity index (χ4n) is 5.50. The van der Waals surface area contributed by atoms with Crippen molar-refractivity contribution in [2.24, 2.45) is 35.5 Å². The van der Waals surface area contributed by atoms with Crippen LogP contribution in [0.25, 0.3) is 0 Å². The van der Waals surface area contributed by atoms with E-state index < -0.39 is 11.6 Å². The van der Waals surface area contributed by atoms with Crippen LogP contribution < -0.4 is 0 Å². The Morgan fingerprint density at radius 3 is 2.79 bits per heavy atom. The molecule has 4 aliphatic rings. The molecule has 7 atom stereocenters. The third-order valence-corrected chi connectivity index (χ3v) is 6.47. The molecule has 3 saturated carbocycles. The lowest BCUT2D eigenvalue weighted by Gasteiger charge is -2.61. The second kappa shape index (κ2) is 6.17. The SMILES string of the molecule is C=CC(=O)OC1C2C(C(C)C)CC(C3C(=O)OCC32)C1(C)OCC. The molecule has 5 nitrogen and oxygen atoms in total. The molecule has 0 spiro atoms. The lowest BCUT2D eigenvalue weighted by atomic mass is 9.47. The molecular weight excluding hydrogens is 308 g/mol. The number of esters is 2. The highest BCUT2D eigenvalue weighted by atomic mass is 16.6. The van der Waals surface area contributed by atoms with Gasteiger partial charge in [0.25, 0.3) is 0 Å². The number of cyclic esters (lactones) is 1. The van der Waals surface area contributed by atoms with Crippen LogP contribution in [0.4, 0.5) is 0 Å². The van der Waals surface area contributed by atoms with Gasteiger partial charge >= 0.3 is 11.9 Å². The Bertz CT molecular complexity index is 542. The molecule has 0 aromatic rings. The second-order valence-corrected chi connectivity index (χ2v) is 7.83. The fourth-order valence-corrected chi connectivity index (χ4v) is 5.50. The molecule has 0 radical (unpaired) electrons. The smallest absolute Gasteiger partial charge is 0.330 e. The molecule has 1 aliphatic heterocycles. The van der Waals surface area contributed by atoms with Crippen LogP contribution in [0.2, 0.25) is 0 Å². The lowest BCUT2D eigenvalue weighted by Crippen LogP contribution is -2.69. The van der Waals surface area contributed by atoms with E-state index in [1.54, 1.807) is 0 Å². The van der Waals surface area contributed by atoms with Crippen molar-refractivity contribution < 1.29 is 23.8 Å². The van der Waals surface area contributed by atoms with Crippen molar-refractivity contribution in [2.75, 3.05) is 13.2 Å². The number of hydrogen-bond acceptors (Lipinski definition) is 5. The predicted octanol–water partition coefficient (Wildman–Crippen LogP) is 2.59. The first-order valence-corrected chi connectivity index (χ1v) is 8.98. The zero-order chi connectivity index (χ0) is 17.6. The van der Waals surface area contributed by atoms with Crippen molar-refractivity contribution in [3.63, 3.8) is 0 Å². The van der Waals surface area contributed by atoms with Crippen LogP contribution in [-0.4, -0.2) is 36.9 Å². The quantitative estimate of drug-likeness (QED) is 0.570. The van der Waals surface area contributed by atoms with Gasteiger partial charge in [0, 0.05) is 30.4 Å². The van der Waals surface area contributed by atoms with Crippen LogP contribution in [0.15, 0.2) is 12.7 Å². The normalized spacial score (nSPS) is 43.5. The average molecular weight is 336 g/mol. The summed E-state index contributed by atoms with van der Waals surface area (Å²) < 4.78 is 17.3. The Kier molecular flexibility index (Phi) is 4.49. The molecule has 0 aromatic heterocycles. The molecule has 4 fully saturated rings. The van der Waals surface area contributed by atoms with Crippen LogP contribution in [-0.2, 0) is 23.8 Å². The third-order valence-electron chi connectivity index (χ3n) is 6.47. The molecule has 2 bridgehead atoms. The Labute approximate surface area is 143 Å². The van der Waals surface area contributed by atoms with Gasteiger partial charge in [-0.1, -0.05) is 20.4 Å². The molecule has 1 saturated heterocycles. The second-order valence-electron chi connectivity index (χ2n) is 7.83. The highest BCUT2D eigenvalue weighted by Crippen LogP contribution is 2.61. The van der Waals surface area contributed by atoms with Crippen molar-refractivity contribution >= 4 is 11.9 Å². The molecule has 0 amide bonds. The Morgan fingerprint density at radius 2 is 2.21 bits per heavy atom. The first-order chi connectivity index (χ1) is 11.3. The number of carbonyl (C=O) groups excluding carboxylic acids is 2. The van der Waals surface area contributed by atoms with E-state index >= 15 is 0 Å². The van der Waals surface area contributed by atoms with E-state index in [0.29, 0.717) is 25.0 Å². The van der Waals surface area contributed by atoms with Gasteiger partial charge in [0.05, 0.1) is 12.5 Å². The first-order valence-electron chi connectivity index (χ1n) is 8.98. The van der Waals surface area contributed by atoms with Crippen LogP contribution in [0.3, 0.4) is 0 Å². The fraction of sp³-hybridized carbons (Fsp3) is 0.789.